The zero-order valence-corrected chi connectivity index (χ0v) is 48.5. The van der Waals surface area contributed by atoms with E-state index in [1.165, 1.54) is 51.0 Å². The number of benzene rings is 1. The summed E-state index contributed by atoms with van der Waals surface area (Å²) in [6.45, 7) is 35.9. The zero-order valence-electron chi connectivity index (χ0n) is 48.5. The fourth-order valence-corrected chi connectivity index (χ4v) is 6.47. The maximum atomic E-state index is 13.6. The molecule has 390 valence electrons. The summed E-state index contributed by atoms with van der Waals surface area (Å²) in [7, 11) is 7.97. The fourth-order valence-electron chi connectivity index (χ4n) is 6.47. The molecule has 0 atom stereocenters. The van der Waals surface area contributed by atoms with E-state index in [0.717, 1.165) is 5.69 Å². The SMILES string of the molecule is CC.CC.CC.CC.CC.CC.CC.Cc1cc(F)nc(F)c1-c1cccc[n+]1C.Cc1ccccc1-c1cccc[n+]1C.Cc1cnccc1-c1cccc[n+]1C.Cc1ncccc1-c1cccc[n+]1C. The molecule has 0 N–H and O–H groups in total. The fraction of sp³-hybridized carbons (Fsp3) is 0.349. The predicted octanol–water partition coefficient (Wildman–Crippen LogP) is 15.6. The van der Waals surface area contributed by atoms with Crippen molar-refractivity contribution in [2.45, 2.75) is 125 Å². The second kappa shape index (κ2) is 43.0. The van der Waals surface area contributed by atoms with Crippen molar-refractivity contribution < 1.29 is 27.0 Å². The molecule has 0 radical (unpaired) electrons. The summed E-state index contributed by atoms with van der Waals surface area (Å²) >= 11 is 0. The topological polar surface area (TPSA) is 54.2 Å². The lowest BCUT2D eigenvalue weighted by atomic mass is 10.1. The van der Waals surface area contributed by atoms with Gasteiger partial charge in [0.05, 0.1) is 16.8 Å². The van der Waals surface area contributed by atoms with Crippen LogP contribution in [0.5, 0.6) is 0 Å². The number of aryl methyl sites for hydroxylation is 8. The van der Waals surface area contributed by atoms with Gasteiger partial charge in [-0.05, 0) is 99.0 Å². The van der Waals surface area contributed by atoms with E-state index in [0.29, 0.717) is 16.8 Å². The molecule has 0 saturated heterocycles. The summed E-state index contributed by atoms with van der Waals surface area (Å²) in [6.07, 6.45) is 13.5. The van der Waals surface area contributed by atoms with Crippen molar-refractivity contribution in [3.05, 3.63) is 199 Å². The summed E-state index contributed by atoms with van der Waals surface area (Å²) in [4.78, 5) is 11.6. The molecule has 0 aliphatic carbocycles. The van der Waals surface area contributed by atoms with Crippen LogP contribution in [-0.2, 0) is 28.2 Å². The lowest BCUT2D eigenvalue weighted by molar-refractivity contribution is -0.660. The molecule has 0 bridgehead atoms. The lowest BCUT2D eigenvalue weighted by Crippen LogP contribution is -2.30. The molecule has 1 aromatic carbocycles. The van der Waals surface area contributed by atoms with E-state index in [1.54, 1.807) is 36.9 Å². The van der Waals surface area contributed by atoms with E-state index in [2.05, 4.69) is 130 Å². The van der Waals surface area contributed by atoms with Crippen molar-refractivity contribution in [2.75, 3.05) is 0 Å². The number of nitrogens with zero attached hydrogens (tertiary/aromatic N) is 7. The molecule has 9 heteroatoms. The quantitative estimate of drug-likeness (QED) is 0.130. The number of hydrogen-bond acceptors (Lipinski definition) is 3. The van der Waals surface area contributed by atoms with E-state index < -0.39 is 11.9 Å². The van der Waals surface area contributed by atoms with Gasteiger partial charge in [-0.15, -0.1) is 0 Å². The molecule has 7 nitrogen and oxygen atoms in total. The molecule has 0 fully saturated rings. The Morgan fingerprint density at radius 1 is 0.375 bits per heavy atom. The van der Waals surface area contributed by atoms with Crippen LogP contribution in [0.15, 0.2) is 165 Å². The van der Waals surface area contributed by atoms with E-state index in [9.17, 15) is 8.78 Å². The van der Waals surface area contributed by atoms with Crippen LogP contribution in [0, 0.1) is 39.6 Å². The third-order valence-electron chi connectivity index (χ3n) is 9.62. The first-order chi connectivity index (χ1) is 35.0. The molecule has 0 aliphatic rings. The van der Waals surface area contributed by atoms with Crippen LogP contribution in [0.25, 0.3) is 45.0 Å². The van der Waals surface area contributed by atoms with Gasteiger partial charge in [0.15, 0.2) is 24.8 Å². The van der Waals surface area contributed by atoms with Gasteiger partial charge in [-0.1, -0.05) is 115 Å². The van der Waals surface area contributed by atoms with Crippen molar-refractivity contribution in [1.82, 2.24) is 15.0 Å². The monoisotopic (exact) mass is 986 g/mol. The highest BCUT2D eigenvalue weighted by molar-refractivity contribution is 5.62. The number of aromatic nitrogens is 7. The third kappa shape index (κ3) is 23.4. The Hall–Kier alpha value is -6.87. The highest BCUT2D eigenvalue weighted by Crippen LogP contribution is 2.23. The molecule has 72 heavy (non-hydrogen) atoms. The normalized spacial score (nSPS) is 8.83. The molecular weight excluding hydrogens is 893 g/mol. The standard InChI is InChI=1S/C13H14N.C12H11F2N2.2C12H13N2.7C2H6/c1-11-7-3-4-8-12(11)13-9-5-6-10-14(13)2;1-8-7-10(13)15-12(14)11(8)9-5-3-4-6-16(9)2;1-10-11(6-5-8-13-10)12-7-3-4-9-14(12)2;1-10-9-13-7-6-11(10)12-5-3-4-8-14(12)2;7*1-2/h3-10H,1-2H3;3-7H,1-2H3;2*3-9H,1-2H3;7*1-2H3/q4*+1;;;;;;;. The van der Waals surface area contributed by atoms with Gasteiger partial charge < -0.3 is 0 Å². The minimum absolute atomic E-state index is 0.338. The Morgan fingerprint density at radius 3 is 1.14 bits per heavy atom. The highest BCUT2D eigenvalue weighted by Gasteiger charge is 2.19. The van der Waals surface area contributed by atoms with Gasteiger partial charge in [0, 0.05) is 72.7 Å². The van der Waals surface area contributed by atoms with Gasteiger partial charge in [0.1, 0.15) is 33.8 Å². The summed E-state index contributed by atoms with van der Waals surface area (Å²) < 4.78 is 34.6. The van der Waals surface area contributed by atoms with Gasteiger partial charge >= 0.3 is 0 Å². The van der Waals surface area contributed by atoms with Crippen molar-refractivity contribution in [3.63, 3.8) is 0 Å². The van der Waals surface area contributed by atoms with Crippen molar-refractivity contribution >= 4 is 0 Å². The molecule has 7 aromatic heterocycles. The molecule has 0 spiro atoms. The first kappa shape index (κ1) is 69.4. The molecule has 0 amide bonds. The van der Waals surface area contributed by atoms with Gasteiger partial charge in [-0.25, -0.2) is 18.3 Å². The molecule has 0 unspecified atom stereocenters. The molecular formula is C63H93F2N7+4. The van der Waals surface area contributed by atoms with Gasteiger partial charge in [-0.2, -0.15) is 13.8 Å². The van der Waals surface area contributed by atoms with Crippen LogP contribution in [0.4, 0.5) is 8.78 Å². The molecule has 0 aliphatic heterocycles. The van der Waals surface area contributed by atoms with E-state index in [-0.39, 0.29) is 0 Å². The smallest absolute Gasteiger partial charge is 0.229 e. The van der Waals surface area contributed by atoms with Gasteiger partial charge in [-0.3, -0.25) is 9.97 Å². The van der Waals surface area contributed by atoms with Crippen molar-refractivity contribution in [2.24, 2.45) is 28.2 Å². The van der Waals surface area contributed by atoms with Crippen molar-refractivity contribution in [3.8, 4) is 45.0 Å². The van der Waals surface area contributed by atoms with E-state index >= 15 is 0 Å². The second-order valence-electron chi connectivity index (χ2n) is 13.9. The van der Waals surface area contributed by atoms with Crippen LogP contribution in [0.1, 0.15) is 119 Å². The Labute approximate surface area is 437 Å². The average molecular weight is 986 g/mol. The minimum atomic E-state index is -0.794. The molecule has 8 rings (SSSR count). The maximum Gasteiger partial charge on any atom is 0.229 e. The Bertz CT molecular complexity index is 2250. The Balaban J connectivity index is -0.000000814. The minimum Gasteiger partial charge on any atom is -0.264 e. The van der Waals surface area contributed by atoms with Gasteiger partial charge in [0.25, 0.3) is 0 Å². The predicted molar refractivity (Wildman–Crippen MR) is 304 cm³/mol. The third-order valence-corrected chi connectivity index (χ3v) is 9.62. The van der Waals surface area contributed by atoms with E-state index in [1.807, 2.05) is 178 Å². The number of pyridine rings is 7. The Morgan fingerprint density at radius 2 is 0.750 bits per heavy atom. The van der Waals surface area contributed by atoms with Crippen LogP contribution < -0.4 is 18.3 Å². The van der Waals surface area contributed by atoms with Crippen molar-refractivity contribution in [1.29, 1.82) is 0 Å². The lowest BCUT2D eigenvalue weighted by Gasteiger charge is -2.04. The highest BCUT2D eigenvalue weighted by atomic mass is 19.1. The van der Waals surface area contributed by atoms with Crippen LogP contribution in [0.3, 0.4) is 0 Å². The summed E-state index contributed by atoms with van der Waals surface area (Å²) in [5.74, 6) is -1.57. The largest absolute Gasteiger partial charge is 0.264 e. The number of hydrogen-bond donors (Lipinski definition) is 0. The molecule has 7 heterocycles. The summed E-state index contributed by atoms with van der Waals surface area (Å²) in [6, 6.07) is 39.8. The maximum absolute atomic E-state index is 13.6. The van der Waals surface area contributed by atoms with Crippen LogP contribution in [0.2, 0.25) is 0 Å². The first-order valence-corrected chi connectivity index (χ1v) is 26.0. The zero-order chi connectivity index (χ0) is 55.6. The summed E-state index contributed by atoms with van der Waals surface area (Å²) in [5.41, 5.74) is 12.5. The first-order valence-electron chi connectivity index (χ1n) is 26.0. The van der Waals surface area contributed by atoms with E-state index in [4.69, 9.17) is 0 Å². The second-order valence-corrected chi connectivity index (χ2v) is 13.9. The summed E-state index contributed by atoms with van der Waals surface area (Å²) in [5, 5.41) is 0. The van der Waals surface area contributed by atoms with Crippen LogP contribution in [-0.4, -0.2) is 15.0 Å². The molecule has 8 aromatic rings. The number of rotatable bonds is 4. The average Bonchev–Trinajstić information content (AvgIpc) is 3.42. The molecule has 0 saturated carbocycles. The van der Waals surface area contributed by atoms with Crippen LogP contribution >= 0.6 is 0 Å². The Kier molecular flexibility index (Phi) is 41.4. The number of halogens is 2. The van der Waals surface area contributed by atoms with Gasteiger partial charge in [0.2, 0.25) is 34.7 Å².